The first kappa shape index (κ1) is 9.43. The second kappa shape index (κ2) is 3.55. The molecule has 0 atom stereocenters. The van der Waals surface area contributed by atoms with Gasteiger partial charge in [0.25, 0.3) is 0 Å². The fraction of sp³-hybridized carbons (Fsp3) is 0.300. The van der Waals surface area contributed by atoms with Crippen LogP contribution in [-0.4, -0.2) is 9.78 Å². The average molecular weight is 207 g/mol. The maximum atomic E-state index is 5.67. The largest absolute Gasteiger partial charge is 0.326 e. The molecule has 2 heterocycles. The molecule has 0 bridgehead atoms. The Morgan fingerprint density at radius 2 is 2.29 bits per heavy atom. The predicted octanol–water partition coefficient (Wildman–Crippen LogP) is 1.92. The van der Waals surface area contributed by atoms with E-state index in [1.54, 1.807) is 11.3 Å². The van der Waals surface area contributed by atoms with Crippen molar-refractivity contribution in [1.82, 2.24) is 9.78 Å². The van der Waals surface area contributed by atoms with Gasteiger partial charge in [-0.15, -0.1) is 11.3 Å². The van der Waals surface area contributed by atoms with Crippen molar-refractivity contribution < 1.29 is 0 Å². The lowest BCUT2D eigenvalue weighted by Crippen LogP contribution is -1.96. The Kier molecular flexibility index (Phi) is 2.39. The standard InChI is InChI=1S/C10H13N3S/c1-7-9(6-12-13(7)2)8-3-4-14-10(8)5-11/h3-4,6H,5,11H2,1-2H3. The zero-order chi connectivity index (χ0) is 10.1. The van der Waals surface area contributed by atoms with Gasteiger partial charge in [-0.1, -0.05) is 0 Å². The minimum absolute atomic E-state index is 0.599. The van der Waals surface area contributed by atoms with E-state index in [4.69, 9.17) is 5.73 Å². The van der Waals surface area contributed by atoms with Crippen molar-refractivity contribution in [2.45, 2.75) is 13.5 Å². The lowest BCUT2D eigenvalue weighted by molar-refractivity contribution is 0.740. The van der Waals surface area contributed by atoms with Gasteiger partial charge in [0.15, 0.2) is 0 Å². The molecule has 74 valence electrons. The monoisotopic (exact) mass is 207 g/mol. The molecule has 0 aromatic carbocycles. The quantitative estimate of drug-likeness (QED) is 0.817. The maximum absolute atomic E-state index is 5.67. The van der Waals surface area contributed by atoms with E-state index < -0.39 is 0 Å². The molecule has 2 rings (SSSR count). The van der Waals surface area contributed by atoms with E-state index in [2.05, 4.69) is 23.5 Å². The summed E-state index contributed by atoms with van der Waals surface area (Å²) in [5, 5.41) is 6.30. The number of nitrogens with zero attached hydrogens (tertiary/aromatic N) is 2. The molecule has 0 amide bonds. The molecule has 4 heteroatoms. The van der Waals surface area contributed by atoms with Crippen LogP contribution in [0.5, 0.6) is 0 Å². The van der Waals surface area contributed by atoms with Crippen LogP contribution in [0.1, 0.15) is 10.6 Å². The van der Waals surface area contributed by atoms with Gasteiger partial charge in [0.2, 0.25) is 0 Å². The van der Waals surface area contributed by atoms with Crippen LogP contribution < -0.4 is 5.73 Å². The highest BCUT2D eigenvalue weighted by molar-refractivity contribution is 7.10. The van der Waals surface area contributed by atoms with E-state index in [1.807, 2.05) is 17.9 Å². The summed E-state index contributed by atoms with van der Waals surface area (Å²) in [6.45, 7) is 2.67. The van der Waals surface area contributed by atoms with Crippen molar-refractivity contribution in [3.63, 3.8) is 0 Å². The lowest BCUT2D eigenvalue weighted by atomic mass is 10.1. The van der Waals surface area contributed by atoms with Gasteiger partial charge in [0.1, 0.15) is 0 Å². The zero-order valence-electron chi connectivity index (χ0n) is 8.32. The van der Waals surface area contributed by atoms with E-state index >= 15 is 0 Å². The highest BCUT2D eigenvalue weighted by Crippen LogP contribution is 2.29. The van der Waals surface area contributed by atoms with Gasteiger partial charge in [-0.05, 0) is 18.4 Å². The topological polar surface area (TPSA) is 43.8 Å². The Morgan fingerprint density at radius 1 is 1.50 bits per heavy atom. The third-order valence-corrected chi connectivity index (χ3v) is 3.40. The molecule has 0 aliphatic heterocycles. The Hall–Kier alpha value is -1.13. The Morgan fingerprint density at radius 3 is 2.86 bits per heavy atom. The highest BCUT2D eigenvalue weighted by atomic mass is 32.1. The summed E-state index contributed by atoms with van der Waals surface area (Å²) in [4.78, 5) is 1.22. The van der Waals surface area contributed by atoms with Crippen molar-refractivity contribution >= 4 is 11.3 Å². The van der Waals surface area contributed by atoms with Crippen molar-refractivity contribution in [1.29, 1.82) is 0 Å². The second-order valence-corrected chi connectivity index (χ2v) is 4.23. The molecule has 3 nitrogen and oxygen atoms in total. The summed E-state index contributed by atoms with van der Waals surface area (Å²) in [6.07, 6.45) is 1.90. The van der Waals surface area contributed by atoms with Crippen LogP contribution in [0.15, 0.2) is 17.6 Å². The van der Waals surface area contributed by atoms with E-state index in [0.717, 1.165) is 0 Å². The molecule has 0 aliphatic rings. The third kappa shape index (κ3) is 1.36. The summed E-state index contributed by atoms with van der Waals surface area (Å²) < 4.78 is 1.88. The predicted molar refractivity (Wildman–Crippen MR) is 59.1 cm³/mol. The molecule has 0 aliphatic carbocycles. The van der Waals surface area contributed by atoms with Crippen LogP contribution in [0.4, 0.5) is 0 Å². The van der Waals surface area contributed by atoms with Gasteiger partial charge in [-0.3, -0.25) is 4.68 Å². The van der Waals surface area contributed by atoms with Crippen LogP contribution in [0, 0.1) is 6.92 Å². The van der Waals surface area contributed by atoms with Gasteiger partial charge in [-0.2, -0.15) is 5.10 Å². The normalized spacial score (nSPS) is 10.8. The lowest BCUT2D eigenvalue weighted by Gasteiger charge is -2.00. The fourth-order valence-corrected chi connectivity index (χ4v) is 2.27. The van der Waals surface area contributed by atoms with Crippen molar-refractivity contribution in [3.05, 3.63) is 28.2 Å². The number of hydrogen-bond donors (Lipinski definition) is 1. The molecule has 0 unspecified atom stereocenters. The number of nitrogens with two attached hydrogens (primary N) is 1. The summed E-state index contributed by atoms with van der Waals surface area (Å²) in [6, 6.07) is 2.11. The maximum Gasteiger partial charge on any atom is 0.0571 e. The van der Waals surface area contributed by atoms with Crippen LogP contribution in [0.2, 0.25) is 0 Å². The molecule has 2 N–H and O–H groups in total. The average Bonchev–Trinajstić information content (AvgIpc) is 2.75. The number of aryl methyl sites for hydroxylation is 1. The molecule has 14 heavy (non-hydrogen) atoms. The number of aromatic nitrogens is 2. The van der Waals surface area contributed by atoms with Gasteiger partial charge in [-0.25, -0.2) is 0 Å². The molecule has 0 spiro atoms. The second-order valence-electron chi connectivity index (χ2n) is 3.23. The van der Waals surface area contributed by atoms with E-state index in [-0.39, 0.29) is 0 Å². The molecule has 0 fully saturated rings. The molecule has 0 saturated heterocycles. The minimum Gasteiger partial charge on any atom is -0.326 e. The van der Waals surface area contributed by atoms with E-state index in [0.29, 0.717) is 6.54 Å². The molecule has 2 aromatic heterocycles. The first-order chi connectivity index (χ1) is 6.74. The van der Waals surface area contributed by atoms with E-state index in [1.165, 1.54) is 21.7 Å². The van der Waals surface area contributed by atoms with Gasteiger partial charge in [0.05, 0.1) is 6.20 Å². The molecule has 0 radical (unpaired) electrons. The number of rotatable bonds is 2. The summed E-state index contributed by atoms with van der Waals surface area (Å²) in [5.74, 6) is 0. The molecular weight excluding hydrogens is 194 g/mol. The first-order valence-electron chi connectivity index (χ1n) is 4.49. The van der Waals surface area contributed by atoms with E-state index in [9.17, 15) is 0 Å². The minimum atomic E-state index is 0.599. The summed E-state index contributed by atoms with van der Waals surface area (Å²) in [7, 11) is 1.95. The van der Waals surface area contributed by atoms with Crippen LogP contribution in [0.25, 0.3) is 11.1 Å². The molecule has 0 saturated carbocycles. The first-order valence-corrected chi connectivity index (χ1v) is 5.37. The van der Waals surface area contributed by atoms with Crippen LogP contribution in [0.3, 0.4) is 0 Å². The highest BCUT2D eigenvalue weighted by Gasteiger charge is 2.10. The van der Waals surface area contributed by atoms with Crippen LogP contribution >= 0.6 is 11.3 Å². The number of thiophene rings is 1. The van der Waals surface area contributed by atoms with Gasteiger partial charge >= 0.3 is 0 Å². The Labute approximate surface area is 87.2 Å². The molecular formula is C10H13N3S. The molecule has 2 aromatic rings. The fourth-order valence-electron chi connectivity index (χ4n) is 1.50. The zero-order valence-corrected chi connectivity index (χ0v) is 9.14. The van der Waals surface area contributed by atoms with Gasteiger partial charge in [0, 0.05) is 35.3 Å². The van der Waals surface area contributed by atoms with Crippen molar-refractivity contribution in [2.75, 3.05) is 0 Å². The SMILES string of the molecule is Cc1c(-c2ccsc2CN)cnn1C. The number of hydrogen-bond acceptors (Lipinski definition) is 3. The van der Waals surface area contributed by atoms with Crippen molar-refractivity contribution in [3.8, 4) is 11.1 Å². The summed E-state index contributed by atoms with van der Waals surface area (Å²) in [5.41, 5.74) is 9.27. The van der Waals surface area contributed by atoms with Crippen molar-refractivity contribution in [2.24, 2.45) is 12.8 Å². The Bertz CT molecular complexity index is 442. The van der Waals surface area contributed by atoms with Crippen LogP contribution in [-0.2, 0) is 13.6 Å². The Balaban J connectivity index is 2.54. The third-order valence-electron chi connectivity index (χ3n) is 2.46. The smallest absolute Gasteiger partial charge is 0.0571 e. The summed E-state index contributed by atoms with van der Waals surface area (Å²) >= 11 is 1.70. The van der Waals surface area contributed by atoms with Gasteiger partial charge < -0.3 is 5.73 Å².